The van der Waals surface area contributed by atoms with Gasteiger partial charge in [0.15, 0.2) is 4.70 Å². The van der Waals surface area contributed by atoms with Gasteiger partial charge in [0.2, 0.25) is 12.4 Å². The molecule has 3 aliphatic heterocycles. The van der Waals surface area contributed by atoms with Gasteiger partial charge in [-0.2, -0.15) is 0 Å². The fourth-order valence-corrected chi connectivity index (χ4v) is 9.90. The Labute approximate surface area is 290 Å². The minimum Gasteiger partial charge on any atom is -0.0622 e. The van der Waals surface area contributed by atoms with E-state index in [0.29, 0.717) is 4.70 Å². The van der Waals surface area contributed by atoms with Gasteiger partial charge in [-0.1, -0.05) is 121 Å². The van der Waals surface area contributed by atoms with Crippen molar-refractivity contribution in [3.05, 3.63) is 205 Å². The third-order valence-electron chi connectivity index (χ3n) is 11.7. The highest BCUT2D eigenvalue weighted by Crippen LogP contribution is 2.68. The molecule has 4 aliphatic rings. The van der Waals surface area contributed by atoms with Crippen molar-refractivity contribution in [1.29, 1.82) is 0 Å². The molecule has 8 aromatic rings. The number of benzene rings is 6. The second-order valence-corrected chi connectivity index (χ2v) is 13.9. The Morgan fingerprint density at radius 2 is 0.920 bits per heavy atom. The van der Waals surface area contributed by atoms with Gasteiger partial charge in [-0.3, -0.25) is 0 Å². The smallest absolute Gasteiger partial charge is 0.0622 e. The van der Waals surface area contributed by atoms with Gasteiger partial charge in [0.05, 0.1) is 14.8 Å². The summed E-state index contributed by atoms with van der Waals surface area (Å²) in [5.74, 6) is 0. The average molecular weight is 637 g/mol. The van der Waals surface area contributed by atoms with Crippen molar-refractivity contribution < 1.29 is 9.35 Å². The van der Waals surface area contributed by atoms with E-state index in [0.717, 1.165) is 0 Å². The zero-order chi connectivity index (χ0) is 32.6. The molecule has 0 bridgehead atoms. The number of hydrogen-bond acceptors (Lipinski definition) is 0. The van der Waals surface area contributed by atoms with Crippen LogP contribution in [-0.2, 0) is 5.41 Å². The molecule has 50 heavy (non-hydrogen) atoms. The number of nitrogens with zero attached hydrogens (tertiary/aromatic N) is 3. The second kappa shape index (κ2) is 9.17. The van der Waals surface area contributed by atoms with E-state index >= 15 is 0 Å². The van der Waals surface area contributed by atoms with Crippen LogP contribution in [0.5, 0.6) is 0 Å². The van der Waals surface area contributed by atoms with Crippen LogP contribution in [0.2, 0.25) is 0 Å². The van der Waals surface area contributed by atoms with Gasteiger partial charge in [-0.05, 0) is 68.8 Å². The molecule has 0 N–H and O–H groups in total. The molecule has 3 nitrogen and oxygen atoms in total. The van der Waals surface area contributed by atoms with Crippen molar-refractivity contribution in [2.75, 3.05) is 0 Å². The summed E-state index contributed by atoms with van der Waals surface area (Å²) in [6.07, 6.45) is 4.60. The number of quaternary nitrogens is 1. The molecule has 1 atom stereocenters. The highest BCUT2D eigenvalue weighted by Gasteiger charge is 2.75. The van der Waals surface area contributed by atoms with Crippen LogP contribution in [0.4, 0.5) is 11.4 Å². The van der Waals surface area contributed by atoms with E-state index < -0.39 is 5.41 Å². The van der Waals surface area contributed by atoms with Gasteiger partial charge >= 0.3 is 0 Å². The minimum atomic E-state index is -0.511. The summed E-state index contributed by atoms with van der Waals surface area (Å²) in [4.78, 5) is 0. The zero-order valence-corrected chi connectivity index (χ0v) is 27.2. The van der Waals surface area contributed by atoms with Gasteiger partial charge < -0.3 is 0 Å². The topological polar surface area (TPSA) is 7.76 Å². The Bertz CT molecular complexity index is 2720. The zero-order valence-electron chi connectivity index (χ0n) is 27.2. The molecular weight excluding hydrogens is 607 g/mol. The standard InChI is InChI=1S/C47H30N3/c1-3-14-31(15-4-1)33-25-27-49-44(30-33)37-20-13-23-41-45(37)50(49)46-38(43-24-11-12-26-48(43)50)28-34(32-16-5-2-6-17-32)29-42(46)47(41)39-21-9-7-18-35(39)36-19-8-10-22-40(36)47/h1-30H/q+3. The molecule has 3 heteroatoms. The number of aromatic nitrogens is 2. The summed E-state index contributed by atoms with van der Waals surface area (Å²) < 4.78 is 5.47. The van der Waals surface area contributed by atoms with Crippen LogP contribution in [0, 0.1) is 0 Å². The van der Waals surface area contributed by atoms with Crippen LogP contribution in [0.25, 0.3) is 55.9 Å². The lowest BCUT2D eigenvalue weighted by molar-refractivity contribution is -1.02. The highest BCUT2D eigenvalue weighted by molar-refractivity contribution is 6.00. The van der Waals surface area contributed by atoms with Crippen molar-refractivity contribution in [3.8, 4) is 55.9 Å². The normalized spacial score (nSPS) is 17.0. The molecule has 2 spiro atoms. The van der Waals surface area contributed by atoms with Crippen LogP contribution in [0.3, 0.4) is 0 Å². The Hall–Kier alpha value is -6.42. The lowest BCUT2D eigenvalue weighted by Crippen LogP contribution is -2.82. The average Bonchev–Trinajstić information content (AvgIpc) is 3.78. The molecule has 1 aliphatic carbocycles. The second-order valence-electron chi connectivity index (χ2n) is 13.9. The summed E-state index contributed by atoms with van der Waals surface area (Å²) in [7, 11) is 0. The van der Waals surface area contributed by atoms with Crippen molar-refractivity contribution in [1.82, 2.24) is 4.70 Å². The van der Waals surface area contributed by atoms with Crippen LogP contribution < -0.4 is 14.1 Å². The molecule has 6 aromatic carbocycles. The first-order valence-electron chi connectivity index (χ1n) is 17.4. The molecule has 0 saturated heterocycles. The number of fused-ring (bicyclic) bond motifs is 11. The molecule has 1 unspecified atom stereocenters. The van der Waals surface area contributed by atoms with E-state index in [1.54, 1.807) is 0 Å². The van der Waals surface area contributed by atoms with Gasteiger partial charge in [0, 0.05) is 35.4 Å². The van der Waals surface area contributed by atoms with E-state index in [9.17, 15) is 0 Å². The lowest BCUT2D eigenvalue weighted by Gasteiger charge is -2.39. The summed E-state index contributed by atoms with van der Waals surface area (Å²) in [5.41, 5.74) is 20.0. The highest BCUT2D eigenvalue weighted by atomic mass is 15.9. The van der Waals surface area contributed by atoms with E-state index in [4.69, 9.17) is 0 Å². The largest absolute Gasteiger partial charge is 0.287 e. The summed E-state index contributed by atoms with van der Waals surface area (Å²) in [6, 6.07) is 63.3. The summed E-state index contributed by atoms with van der Waals surface area (Å²) in [5, 5.41) is 0. The van der Waals surface area contributed by atoms with Gasteiger partial charge in [0.1, 0.15) is 11.1 Å². The van der Waals surface area contributed by atoms with Crippen LogP contribution in [0.1, 0.15) is 22.3 Å². The van der Waals surface area contributed by atoms with Crippen LogP contribution in [0.15, 0.2) is 182 Å². The quantitative estimate of drug-likeness (QED) is 0.132. The molecule has 5 heterocycles. The maximum atomic E-state index is 2.52. The Kier molecular flexibility index (Phi) is 4.87. The SMILES string of the molecule is c1ccc(-c2cc3c4c(c2)C2(c5ccccc5-c5ccccc52)c2cccc5c2[N+]4([n+]2ccccc2-3)[n+]2ccc(-c3ccccc3)cc2-5)cc1. The molecule has 2 aromatic heterocycles. The summed E-state index contributed by atoms with van der Waals surface area (Å²) in [6.45, 7) is 0. The fraction of sp³-hybridized carbons (Fsp3) is 0.0213. The molecule has 12 rings (SSSR count). The van der Waals surface area contributed by atoms with Gasteiger partial charge in [-0.25, -0.2) is 0 Å². The van der Waals surface area contributed by atoms with Crippen molar-refractivity contribution in [3.63, 3.8) is 0 Å². The Morgan fingerprint density at radius 1 is 0.340 bits per heavy atom. The van der Waals surface area contributed by atoms with E-state index in [2.05, 4.69) is 192 Å². The number of pyridine rings is 2. The molecule has 0 radical (unpaired) electrons. The first-order valence-corrected chi connectivity index (χ1v) is 17.4. The van der Waals surface area contributed by atoms with Crippen molar-refractivity contribution >= 4 is 11.4 Å². The lowest BCUT2D eigenvalue weighted by atomic mass is 9.63. The monoisotopic (exact) mass is 636 g/mol. The fourth-order valence-electron chi connectivity index (χ4n) is 9.90. The molecule has 0 amide bonds. The van der Waals surface area contributed by atoms with Crippen molar-refractivity contribution in [2.24, 2.45) is 0 Å². The molecule has 0 fully saturated rings. The first-order chi connectivity index (χ1) is 24.8. The molecule has 230 valence electrons. The number of para-hydroxylation sites is 1. The third-order valence-corrected chi connectivity index (χ3v) is 11.7. The Morgan fingerprint density at radius 3 is 1.66 bits per heavy atom. The van der Waals surface area contributed by atoms with Crippen LogP contribution in [-0.4, -0.2) is 0 Å². The van der Waals surface area contributed by atoms with E-state index in [-0.39, 0.29) is 0 Å². The Balaban J connectivity index is 1.32. The predicted molar refractivity (Wildman–Crippen MR) is 198 cm³/mol. The number of hydrogen-bond donors (Lipinski definition) is 0. The summed E-state index contributed by atoms with van der Waals surface area (Å²) >= 11 is 0. The number of rotatable bonds is 2. The van der Waals surface area contributed by atoms with Crippen molar-refractivity contribution in [2.45, 2.75) is 5.41 Å². The minimum absolute atomic E-state index is 0.456. The van der Waals surface area contributed by atoms with Crippen LogP contribution >= 0.6 is 0 Å². The maximum Gasteiger partial charge on any atom is 0.287 e. The third kappa shape index (κ3) is 2.90. The maximum absolute atomic E-state index is 2.52. The first kappa shape index (κ1) is 26.5. The molecular formula is C47H30N3+3. The van der Waals surface area contributed by atoms with Gasteiger partial charge in [-0.15, -0.1) is 0 Å². The van der Waals surface area contributed by atoms with E-state index in [1.807, 2.05) is 0 Å². The predicted octanol–water partition coefficient (Wildman–Crippen LogP) is 9.80. The molecule has 0 saturated carbocycles. The van der Waals surface area contributed by atoms with Gasteiger partial charge in [0.25, 0.3) is 22.8 Å². The van der Waals surface area contributed by atoms with E-state index in [1.165, 1.54) is 89.5 Å².